The van der Waals surface area contributed by atoms with E-state index in [9.17, 15) is 9.59 Å². The Morgan fingerprint density at radius 3 is 2.84 bits per heavy atom. The topological polar surface area (TPSA) is 100 Å². The minimum absolute atomic E-state index is 0.187. The molecule has 1 aromatic carbocycles. The fourth-order valence-corrected chi connectivity index (χ4v) is 5.02. The van der Waals surface area contributed by atoms with Gasteiger partial charge in [0.25, 0.3) is 11.4 Å². The van der Waals surface area contributed by atoms with Gasteiger partial charge in [0.2, 0.25) is 5.82 Å². The molecule has 5 aromatic rings. The zero-order valence-electron chi connectivity index (χ0n) is 16.2. The molecule has 0 aliphatic rings. The summed E-state index contributed by atoms with van der Waals surface area (Å²) in [6.07, 6.45) is 1.35. The van der Waals surface area contributed by atoms with Gasteiger partial charge in [-0.15, -0.1) is 22.7 Å². The van der Waals surface area contributed by atoms with E-state index in [2.05, 4.69) is 15.1 Å². The van der Waals surface area contributed by atoms with Gasteiger partial charge >= 0.3 is 5.97 Å². The van der Waals surface area contributed by atoms with Gasteiger partial charge < -0.3 is 9.26 Å². The van der Waals surface area contributed by atoms with Crippen molar-refractivity contribution in [3.63, 3.8) is 0 Å². The summed E-state index contributed by atoms with van der Waals surface area (Å²) in [5, 5.41) is 8.62. The number of benzene rings is 1. The van der Waals surface area contributed by atoms with Crippen molar-refractivity contribution in [1.29, 1.82) is 0 Å². The van der Waals surface area contributed by atoms with Crippen LogP contribution in [0.4, 0.5) is 0 Å². The van der Waals surface area contributed by atoms with E-state index in [1.165, 1.54) is 33.6 Å². The molecule has 0 N–H and O–H groups in total. The number of hydrogen-bond acceptors (Lipinski definition) is 9. The summed E-state index contributed by atoms with van der Waals surface area (Å²) in [6, 6.07) is 10.9. The molecule has 0 aliphatic carbocycles. The van der Waals surface area contributed by atoms with Crippen LogP contribution >= 0.6 is 34.3 Å². The van der Waals surface area contributed by atoms with Crippen LogP contribution in [0, 0.1) is 0 Å². The molecule has 0 fully saturated rings. The Bertz CT molecular complexity index is 1470. The number of carbonyl (C=O) groups is 1. The SMILES string of the molecule is O=C(Cn1cnc2scc(-c3cccs3)c2c1=O)OCc1noc(-c2ccccc2Cl)n1. The van der Waals surface area contributed by atoms with E-state index in [1.54, 1.807) is 24.3 Å². The maximum absolute atomic E-state index is 13.0. The molecule has 0 aliphatic heterocycles. The summed E-state index contributed by atoms with van der Waals surface area (Å²) in [5.74, 6) is -0.205. The molecule has 0 bridgehead atoms. The van der Waals surface area contributed by atoms with Crippen LogP contribution in [0.25, 0.3) is 32.1 Å². The number of carbonyl (C=O) groups excluding carboxylic acids is 1. The molecule has 0 saturated carbocycles. The molecule has 0 amide bonds. The number of fused-ring (bicyclic) bond motifs is 1. The van der Waals surface area contributed by atoms with Crippen molar-refractivity contribution < 1.29 is 14.1 Å². The Hall–Kier alpha value is -3.34. The van der Waals surface area contributed by atoms with Crippen LogP contribution in [0.15, 0.2) is 62.8 Å². The number of thiophene rings is 2. The first-order chi connectivity index (χ1) is 15.6. The molecular formula is C21H13ClN4O4S2. The number of esters is 1. The van der Waals surface area contributed by atoms with Crippen molar-refractivity contribution >= 4 is 50.5 Å². The monoisotopic (exact) mass is 484 g/mol. The second kappa shape index (κ2) is 8.65. The minimum Gasteiger partial charge on any atom is -0.456 e. The van der Waals surface area contributed by atoms with Crippen LogP contribution in [0.3, 0.4) is 0 Å². The molecule has 0 spiro atoms. The lowest BCUT2D eigenvalue weighted by Gasteiger charge is -2.05. The third-order valence-electron chi connectivity index (χ3n) is 4.58. The number of nitrogens with zero attached hydrogens (tertiary/aromatic N) is 4. The van der Waals surface area contributed by atoms with Crippen molar-refractivity contribution in [2.45, 2.75) is 13.2 Å². The van der Waals surface area contributed by atoms with Crippen molar-refractivity contribution in [2.24, 2.45) is 0 Å². The summed E-state index contributed by atoms with van der Waals surface area (Å²) in [7, 11) is 0. The largest absolute Gasteiger partial charge is 0.456 e. The second-order valence-corrected chi connectivity index (χ2v) is 8.85. The molecule has 8 nitrogen and oxygen atoms in total. The first-order valence-corrected chi connectivity index (χ1v) is 11.5. The van der Waals surface area contributed by atoms with Crippen LogP contribution in [0.2, 0.25) is 5.02 Å². The highest BCUT2D eigenvalue weighted by atomic mass is 35.5. The van der Waals surface area contributed by atoms with E-state index < -0.39 is 5.97 Å². The smallest absolute Gasteiger partial charge is 0.326 e. The molecule has 5 rings (SSSR count). The highest BCUT2D eigenvalue weighted by Crippen LogP contribution is 2.33. The van der Waals surface area contributed by atoms with Crippen LogP contribution in [-0.2, 0) is 22.7 Å². The average molecular weight is 485 g/mol. The lowest BCUT2D eigenvalue weighted by atomic mass is 10.2. The zero-order valence-corrected chi connectivity index (χ0v) is 18.6. The van der Waals surface area contributed by atoms with Gasteiger partial charge in [-0.05, 0) is 23.6 Å². The predicted octanol–water partition coefficient (Wildman–Crippen LogP) is 4.63. The molecule has 4 heterocycles. The number of ether oxygens (including phenoxy) is 1. The van der Waals surface area contributed by atoms with E-state index in [4.69, 9.17) is 20.9 Å². The van der Waals surface area contributed by atoms with E-state index in [1.807, 2.05) is 22.9 Å². The van der Waals surface area contributed by atoms with Crippen molar-refractivity contribution in [3.8, 4) is 21.9 Å². The lowest BCUT2D eigenvalue weighted by Crippen LogP contribution is -2.25. The molecular weight excluding hydrogens is 472 g/mol. The summed E-state index contributed by atoms with van der Waals surface area (Å²) in [5.41, 5.74) is 1.11. The Kier molecular flexibility index (Phi) is 5.56. The molecule has 0 saturated heterocycles. The summed E-state index contributed by atoms with van der Waals surface area (Å²) >= 11 is 9.06. The van der Waals surface area contributed by atoms with Crippen LogP contribution in [0.5, 0.6) is 0 Å². The molecule has 0 radical (unpaired) electrons. The van der Waals surface area contributed by atoms with Crippen LogP contribution in [-0.4, -0.2) is 25.7 Å². The van der Waals surface area contributed by atoms with Gasteiger partial charge in [0.05, 0.1) is 22.3 Å². The normalized spacial score (nSPS) is 11.2. The second-order valence-electron chi connectivity index (χ2n) is 6.64. The Morgan fingerprint density at radius 2 is 2.03 bits per heavy atom. The molecule has 0 unspecified atom stereocenters. The molecule has 0 atom stereocenters. The first-order valence-electron chi connectivity index (χ1n) is 9.34. The lowest BCUT2D eigenvalue weighted by molar-refractivity contribution is -0.146. The average Bonchev–Trinajstić information content (AvgIpc) is 3.55. The van der Waals surface area contributed by atoms with Crippen LogP contribution in [0.1, 0.15) is 5.82 Å². The summed E-state index contributed by atoms with van der Waals surface area (Å²) < 4.78 is 11.6. The highest BCUT2D eigenvalue weighted by molar-refractivity contribution is 7.18. The zero-order chi connectivity index (χ0) is 22.1. The minimum atomic E-state index is -0.620. The third kappa shape index (κ3) is 3.95. The summed E-state index contributed by atoms with van der Waals surface area (Å²) in [4.78, 5) is 35.4. The third-order valence-corrected chi connectivity index (χ3v) is 6.70. The molecule has 32 heavy (non-hydrogen) atoms. The number of rotatable bonds is 6. The van der Waals surface area contributed by atoms with Gasteiger partial charge in [0.1, 0.15) is 11.4 Å². The summed E-state index contributed by atoms with van der Waals surface area (Å²) in [6.45, 7) is -0.479. The first kappa shape index (κ1) is 20.6. The van der Waals surface area contributed by atoms with Crippen molar-refractivity contribution in [1.82, 2.24) is 19.7 Å². The molecule has 11 heteroatoms. The van der Waals surface area contributed by atoms with Crippen molar-refractivity contribution in [3.05, 3.63) is 74.7 Å². The van der Waals surface area contributed by atoms with Gasteiger partial charge in [-0.1, -0.05) is 35.0 Å². The Balaban J connectivity index is 1.30. The van der Waals surface area contributed by atoms with Gasteiger partial charge in [0.15, 0.2) is 6.61 Å². The van der Waals surface area contributed by atoms with Gasteiger partial charge in [0, 0.05) is 15.8 Å². The standard InChI is InChI=1S/C21H13ClN4O4S2/c22-14-5-2-1-4-12(14)19-24-16(25-30-19)9-29-17(27)8-26-11-23-20-18(21(26)28)13(10-32-20)15-6-3-7-31-15/h1-7,10-11H,8-9H2. The van der Waals surface area contributed by atoms with E-state index in [-0.39, 0.29) is 30.4 Å². The molecule has 4 aromatic heterocycles. The Morgan fingerprint density at radius 1 is 1.16 bits per heavy atom. The highest BCUT2D eigenvalue weighted by Gasteiger charge is 2.17. The predicted molar refractivity (Wildman–Crippen MR) is 122 cm³/mol. The van der Waals surface area contributed by atoms with Gasteiger partial charge in [-0.25, -0.2) is 4.98 Å². The van der Waals surface area contributed by atoms with Gasteiger partial charge in [-0.2, -0.15) is 4.98 Å². The van der Waals surface area contributed by atoms with E-state index in [0.29, 0.717) is 20.8 Å². The quantitative estimate of drug-likeness (QED) is 0.324. The van der Waals surface area contributed by atoms with E-state index in [0.717, 1.165) is 10.4 Å². The van der Waals surface area contributed by atoms with E-state index >= 15 is 0 Å². The maximum atomic E-state index is 13.0. The van der Waals surface area contributed by atoms with Crippen LogP contribution < -0.4 is 5.56 Å². The maximum Gasteiger partial charge on any atom is 0.326 e. The fourth-order valence-electron chi connectivity index (χ4n) is 3.08. The Labute approximate surface area is 193 Å². The number of aromatic nitrogens is 4. The molecule has 160 valence electrons. The number of hydrogen-bond donors (Lipinski definition) is 0. The fraction of sp³-hybridized carbons (Fsp3) is 0.0952. The van der Waals surface area contributed by atoms with Gasteiger partial charge in [-0.3, -0.25) is 14.2 Å². The van der Waals surface area contributed by atoms with Crippen molar-refractivity contribution in [2.75, 3.05) is 0 Å². The number of halogens is 1.